The minimum absolute atomic E-state index is 0.00736. The Morgan fingerprint density at radius 1 is 1.35 bits per heavy atom. The molecular weight excluding hydrogens is 255 g/mol. The zero-order chi connectivity index (χ0) is 15.2. The van der Waals surface area contributed by atoms with Crippen LogP contribution in [0.2, 0.25) is 0 Å². The third-order valence-electron chi connectivity index (χ3n) is 3.42. The molecule has 0 aliphatic carbocycles. The maximum atomic E-state index is 13.8. The quantitative estimate of drug-likeness (QED) is 0.769. The van der Waals surface area contributed by atoms with Gasteiger partial charge in [0.1, 0.15) is 5.82 Å². The molecule has 0 bridgehead atoms. The van der Waals surface area contributed by atoms with Gasteiger partial charge in [-0.2, -0.15) is 0 Å². The zero-order valence-electron chi connectivity index (χ0n) is 13.0. The highest BCUT2D eigenvalue weighted by Crippen LogP contribution is 2.20. The summed E-state index contributed by atoms with van der Waals surface area (Å²) in [7, 11) is 1.85. The van der Waals surface area contributed by atoms with Crippen molar-refractivity contribution in [1.82, 2.24) is 10.2 Å². The second kappa shape index (κ2) is 7.72. The minimum atomic E-state index is -0.705. The van der Waals surface area contributed by atoms with Gasteiger partial charge in [0.25, 0.3) is 0 Å². The largest absolute Gasteiger partial charge is 0.389 e. The molecule has 0 aliphatic rings. The molecule has 20 heavy (non-hydrogen) atoms. The van der Waals surface area contributed by atoms with Crippen LogP contribution < -0.4 is 5.32 Å². The molecule has 1 aromatic rings. The molecule has 1 rings (SSSR count). The molecular formula is C16H27FN2O. The Balaban J connectivity index is 2.63. The van der Waals surface area contributed by atoms with E-state index in [1.165, 1.54) is 6.07 Å². The van der Waals surface area contributed by atoms with Crippen LogP contribution in [0.15, 0.2) is 24.3 Å². The first-order valence-corrected chi connectivity index (χ1v) is 7.23. The summed E-state index contributed by atoms with van der Waals surface area (Å²) in [6.45, 7) is 8.00. The van der Waals surface area contributed by atoms with E-state index in [9.17, 15) is 9.50 Å². The first-order valence-electron chi connectivity index (χ1n) is 7.23. The summed E-state index contributed by atoms with van der Waals surface area (Å²) in [4.78, 5) is 2.19. The third-order valence-corrected chi connectivity index (χ3v) is 3.42. The van der Waals surface area contributed by atoms with Crippen molar-refractivity contribution in [2.24, 2.45) is 0 Å². The predicted octanol–water partition coefficient (Wildman–Crippen LogP) is 2.57. The molecule has 0 aliphatic heterocycles. The topological polar surface area (TPSA) is 35.5 Å². The van der Waals surface area contributed by atoms with Gasteiger partial charge in [-0.15, -0.1) is 0 Å². The van der Waals surface area contributed by atoms with Gasteiger partial charge in [-0.05, 0) is 39.9 Å². The zero-order valence-corrected chi connectivity index (χ0v) is 13.0. The molecule has 2 N–H and O–H groups in total. The van der Waals surface area contributed by atoms with Crippen molar-refractivity contribution < 1.29 is 9.50 Å². The number of hydrogen-bond donors (Lipinski definition) is 2. The van der Waals surface area contributed by atoms with Gasteiger partial charge in [-0.3, -0.25) is 0 Å². The van der Waals surface area contributed by atoms with Crippen LogP contribution in [0.5, 0.6) is 0 Å². The van der Waals surface area contributed by atoms with E-state index in [0.29, 0.717) is 12.1 Å². The average molecular weight is 282 g/mol. The van der Waals surface area contributed by atoms with Crippen molar-refractivity contribution in [3.05, 3.63) is 35.6 Å². The summed E-state index contributed by atoms with van der Waals surface area (Å²) in [6, 6.07) is 6.87. The van der Waals surface area contributed by atoms with Crippen LogP contribution in [0.3, 0.4) is 0 Å². The molecule has 3 nitrogen and oxygen atoms in total. The number of likely N-dealkylation sites (N-methyl/N-ethyl adjacent to an activating group) is 1. The summed E-state index contributed by atoms with van der Waals surface area (Å²) in [5.41, 5.74) is -0.00215. The van der Waals surface area contributed by atoms with E-state index in [1.807, 2.05) is 33.0 Å². The summed E-state index contributed by atoms with van der Waals surface area (Å²) in [6.07, 6.45) is 0.807. The van der Waals surface area contributed by atoms with Crippen molar-refractivity contribution in [3.63, 3.8) is 0 Å². The highest BCUT2D eigenvalue weighted by atomic mass is 19.1. The molecule has 114 valence electrons. The third kappa shape index (κ3) is 5.57. The van der Waals surface area contributed by atoms with Gasteiger partial charge in [-0.1, -0.05) is 25.1 Å². The first-order chi connectivity index (χ1) is 9.37. The molecule has 0 heterocycles. The summed E-state index contributed by atoms with van der Waals surface area (Å²) >= 11 is 0. The normalized spacial score (nSPS) is 13.8. The second-order valence-electron chi connectivity index (χ2n) is 5.83. The van der Waals surface area contributed by atoms with Crippen LogP contribution in [-0.2, 0) is 0 Å². The molecule has 0 aromatic heterocycles. The molecule has 4 heteroatoms. The smallest absolute Gasteiger partial charge is 0.127 e. The molecule has 0 saturated carbocycles. The van der Waals surface area contributed by atoms with Gasteiger partial charge in [0.15, 0.2) is 0 Å². The van der Waals surface area contributed by atoms with Crippen LogP contribution in [0, 0.1) is 5.82 Å². The molecule has 1 unspecified atom stereocenters. The molecule has 0 radical (unpaired) electrons. The predicted molar refractivity (Wildman–Crippen MR) is 81.2 cm³/mol. The Bertz CT molecular complexity index is 404. The lowest BCUT2D eigenvalue weighted by molar-refractivity contribution is 0.0367. The van der Waals surface area contributed by atoms with E-state index in [4.69, 9.17) is 0 Å². The van der Waals surface area contributed by atoms with E-state index < -0.39 is 5.60 Å². The van der Waals surface area contributed by atoms with E-state index in [1.54, 1.807) is 6.07 Å². The lowest BCUT2D eigenvalue weighted by Gasteiger charge is -2.29. The maximum absolute atomic E-state index is 13.8. The van der Waals surface area contributed by atoms with Gasteiger partial charge in [0.2, 0.25) is 0 Å². The highest BCUT2D eigenvalue weighted by Gasteiger charge is 2.19. The molecule has 0 amide bonds. The fourth-order valence-corrected chi connectivity index (χ4v) is 2.42. The highest BCUT2D eigenvalue weighted by molar-refractivity contribution is 5.21. The number of nitrogens with one attached hydrogen (secondary N) is 1. The van der Waals surface area contributed by atoms with Gasteiger partial charge in [-0.25, -0.2) is 4.39 Å². The lowest BCUT2D eigenvalue weighted by atomic mass is 10.0. The van der Waals surface area contributed by atoms with Crippen LogP contribution in [0.25, 0.3) is 0 Å². The van der Waals surface area contributed by atoms with E-state index in [0.717, 1.165) is 19.5 Å². The summed E-state index contributed by atoms with van der Waals surface area (Å²) in [5, 5.41) is 13.1. The summed E-state index contributed by atoms with van der Waals surface area (Å²) in [5.74, 6) is -0.169. The Hall–Kier alpha value is -0.970. The van der Waals surface area contributed by atoms with Crippen molar-refractivity contribution in [3.8, 4) is 0 Å². The fourth-order valence-electron chi connectivity index (χ4n) is 2.42. The molecule has 0 spiro atoms. The first kappa shape index (κ1) is 17.1. The molecule has 0 fully saturated rings. The second-order valence-corrected chi connectivity index (χ2v) is 5.83. The number of halogens is 1. The minimum Gasteiger partial charge on any atom is -0.389 e. The Kier molecular flexibility index (Phi) is 6.59. The average Bonchev–Trinajstić information content (AvgIpc) is 2.38. The molecule has 0 saturated heterocycles. The van der Waals surface area contributed by atoms with Crippen LogP contribution in [0.4, 0.5) is 4.39 Å². The van der Waals surface area contributed by atoms with Crippen molar-refractivity contribution in [2.75, 3.05) is 26.7 Å². The number of rotatable bonds is 8. The van der Waals surface area contributed by atoms with Crippen LogP contribution in [0.1, 0.15) is 38.8 Å². The number of hydrogen-bond acceptors (Lipinski definition) is 3. The summed E-state index contributed by atoms with van der Waals surface area (Å²) < 4.78 is 13.8. The van der Waals surface area contributed by atoms with Crippen molar-refractivity contribution >= 4 is 0 Å². The SMILES string of the molecule is CCN(CCC(NC)c1ccccc1F)CC(C)(C)O. The van der Waals surface area contributed by atoms with Crippen LogP contribution >= 0.6 is 0 Å². The van der Waals surface area contributed by atoms with E-state index in [2.05, 4.69) is 17.1 Å². The van der Waals surface area contributed by atoms with Gasteiger partial charge < -0.3 is 15.3 Å². The maximum Gasteiger partial charge on any atom is 0.127 e. The van der Waals surface area contributed by atoms with E-state index in [-0.39, 0.29) is 11.9 Å². The van der Waals surface area contributed by atoms with Crippen molar-refractivity contribution in [1.29, 1.82) is 0 Å². The number of benzene rings is 1. The number of nitrogens with zero attached hydrogens (tertiary/aromatic N) is 1. The van der Waals surface area contributed by atoms with E-state index >= 15 is 0 Å². The standard InChI is InChI=1S/C16H27FN2O/c1-5-19(12-16(2,3)20)11-10-15(18-4)13-8-6-7-9-14(13)17/h6-9,15,18,20H,5,10-12H2,1-4H3. The number of aliphatic hydroxyl groups is 1. The van der Waals surface area contributed by atoms with Crippen LogP contribution in [-0.4, -0.2) is 42.3 Å². The monoisotopic (exact) mass is 282 g/mol. The van der Waals surface area contributed by atoms with Gasteiger partial charge in [0, 0.05) is 24.7 Å². The Morgan fingerprint density at radius 2 is 2.00 bits per heavy atom. The van der Waals surface area contributed by atoms with Gasteiger partial charge in [0.05, 0.1) is 5.60 Å². The molecule has 1 aromatic carbocycles. The molecule has 1 atom stereocenters. The van der Waals surface area contributed by atoms with Gasteiger partial charge >= 0.3 is 0 Å². The Morgan fingerprint density at radius 3 is 2.50 bits per heavy atom. The lowest BCUT2D eigenvalue weighted by Crippen LogP contribution is -2.39. The fraction of sp³-hybridized carbons (Fsp3) is 0.625. The van der Waals surface area contributed by atoms with Crippen molar-refractivity contribution in [2.45, 2.75) is 38.8 Å². The Labute approximate surface area is 121 Å².